The van der Waals surface area contributed by atoms with Crippen LogP contribution in [0.25, 0.3) is 0 Å². The van der Waals surface area contributed by atoms with Gasteiger partial charge in [-0.2, -0.15) is 0 Å². The van der Waals surface area contributed by atoms with Gasteiger partial charge in [0.1, 0.15) is 5.75 Å². The van der Waals surface area contributed by atoms with Gasteiger partial charge in [-0.25, -0.2) is 0 Å². The number of benzene rings is 2. The van der Waals surface area contributed by atoms with Gasteiger partial charge in [-0.1, -0.05) is 56.3 Å². The van der Waals surface area contributed by atoms with Crippen molar-refractivity contribution in [2.24, 2.45) is 0 Å². The van der Waals surface area contributed by atoms with E-state index in [1.165, 1.54) is 25.7 Å². The topological polar surface area (TPSA) is 55.8 Å². The number of hydrogen-bond acceptors (Lipinski definition) is 4. The van der Waals surface area contributed by atoms with Crippen LogP contribution < -0.4 is 10.2 Å². The molecule has 2 aromatic carbocycles. The molecule has 1 aliphatic heterocycles. The summed E-state index contributed by atoms with van der Waals surface area (Å²) in [6.45, 7) is 7.28. The number of nitrogens with one attached hydrogen (secondary N) is 1. The number of aromatic hydroxyl groups is 1. The van der Waals surface area contributed by atoms with Crippen LogP contribution in [0.2, 0.25) is 5.02 Å². The summed E-state index contributed by atoms with van der Waals surface area (Å²) in [7, 11) is 0. The number of hydrogen-bond donors (Lipinski definition) is 2. The van der Waals surface area contributed by atoms with Crippen LogP contribution in [0.15, 0.2) is 36.4 Å². The Kier molecular flexibility index (Phi) is 8.15. The molecule has 1 saturated carbocycles. The number of carbonyl (C=O) groups excluding carboxylic acids is 1. The summed E-state index contributed by atoms with van der Waals surface area (Å²) in [6, 6.07) is 11.4. The summed E-state index contributed by atoms with van der Waals surface area (Å²) in [5.74, 6) is 0.669. The summed E-state index contributed by atoms with van der Waals surface area (Å²) < 4.78 is 0. The van der Waals surface area contributed by atoms with Crippen LogP contribution in [0.1, 0.15) is 62.5 Å². The number of anilines is 2. The molecule has 6 heteroatoms. The van der Waals surface area contributed by atoms with Gasteiger partial charge in [0.05, 0.1) is 17.1 Å². The summed E-state index contributed by atoms with van der Waals surface area (Å²) >= 11 is 6.58. The van der Waals surface area contributed by atoms with Crippen LogP contribution in [0, 0.1) is 0 Å². The fraction of sp³-hybridized carbons (Fsp3) is 0.519. The molecule has 0 aromatic heterocycles. The SMILES string of the molecule is CCN1CCN(c2ccc(NC(=O)Cc3ccc(O)c(C4CCCCCC4)c3)cc2Cl)CC1. The lowest BCUT2D eigenvalue weighted by molar-refractivity contribution is -0.115. The number of phenols is 1. The van der Waals surface area contributed by atoms with E-state index < -0.39 is 0 Å². The van der Waals surface area contributed by atoms with Crippen molar-refractivity contribution in [3.05, 3.63) is 52.5 Å². The number of carbonyl (C=O) groups is 1. The van der Waals surface area contributed by atoms with Gasteiger partial charge in [-0.3, -0.25) is 4.79 Å². The summed E-state index contributed by atoms with van der Waals surface area (Å²) in [6.07, 6.45) is 7.46. The molecular weight excluding hydrogens is 434 g/mol. The molecule has 2 N–H and O–H groups in total. The van der Waals surface area contributed by atoms with E-state index in [0.717, 1.165) is 62.4 Å². The second-order valence-electron chi connectivity index (χ2n) is 9.39. The number of halogens is 1. The van der Waals surface area contributed by atoms with Crippen molar-refractivity contribution in [2.75, 3.05) is 42.9 Å². The monoisotopic (exact) mass is 469 g/mol. The van der Waals surface area contributed by atoms with Crippen LogP contribution in [-0.2, 0) is 11.2 Å². The maximum Gasteiger partial charge on any atom is 0.228 e. The van der Waals surface area contributed by atoms with E-state index in [9.17, 15) is 9.90 Å². The van der Waals surface area contributed by atoms with Gasteiger partial charge in [-0.05, 0) is 60.7 Å². The molecule has 0 spiro atoms. The molecule has 0 bridgehead atoms. The van der Waals surface area contributed by atoms with Crippen molar-refractivity contribution >= 4 is 28.9 Å². The number of rotatable bonds is 6. The first kappa shape index (κ1) is 23.9. The van der Waals surface area contributed by atoms with Crippen molar-refractivity contribution in [1.82, 2.24) is 4.90 Å². The minimum absolute atomic E-state index is 0.0760. The lowest BCUT2D eigenvalue weighted by Gasteiger charge is -2.36. The Morgan fingerprint density at radius 2 is 1.76 bits per heavy atom. The largest absolute Gasteiger partial charge is 0.508 e. The van der Waals surface area contributed by atoms with E-state index in [4.69, 9.17) is 11.6 Å². The van der Waals surface area contributed by atoms with E-state index in [1.54, 1.807) is 6.07 Å². The Morgan fingerprint density at radius 1 is 1.03 bits per heavy atom. The minimum Gasteiger partial charge on any atom is -0.508 e. The van der Waals surface area contributed by atoms with E-state index in [2.05, 4.69) is 22.0 Å². The predicted octanol–water partition coefficient (Wildman–Crippen LogP) is 5.81. The molecule has 1 aliphatic carbocycles. The molecule has 5 nitrogen and oxygen atoms in total. The second-order valence-corrected chi connectivity index (χ2v) is 9.80. The summed E-state index contributed by atoms with van der Waals surface area (Å²) in [5.41, 5.74) is 3.67. The molecule has 0 radical (unpaired) electrons. The fourth-order valence-corrected chi connectivity index (χ4v) is 5.47. The van der Waals surface area contributed by atoms with Crippen LogP contribution in [-0.4, -0.2) is 48.6 Å². The Labute approximate surface area is 202 Å². The standard InChI is InChI=1S/C27H36ClN3O2/c1-2-30-13-15-31(16-14-30)25-11-10-22(19-24(25)28)29-27(33)18-20-9-12-26(32)23(17-20)21-7-5-3-4-6-8-21/h9-12,17,19,21,32H,2-8,13-16,18H2,1H3,(H,29,33). The molecule has 4 rings (SSSR count). The lowest BCUT2D eigenvalue weighted by atomic mass is 9.89. The smallest absolute Gasteiger partial charge is 0.228 e. The highest BCUT2D eigenvalue weighted by Gasteiger charge is 2.20. The Morgan fingerprint density at radius 3 is 2.42 bits per heavy atom. The fourth-order valence-electron chi connectivity index (χ4n) is 5.17. The quantitative estimate of drug-likeness (QED) is 0.524. The van der Waals surface area contributed by atoms with Crippen molar-refractivity contribution in [1.29, 1.82) is 0 Å². The number of phenolic OH excluding ortho intramolecular Hbond substituents is 1. The molecule has 0 unspecified atom stereocenters. The average Bonchev–Trinajstić information content (AvgIpc) is 3.10. The van der Waals surface area contributed by atoms with Gasteiger partial charge in [0.2, 0.25) is 5.91 Å². The highest BCUT2D eigenvalue weighted by Crippen LogP contribution is 2.37. The second kappa shape index (κ2) is 11.3. The van der Waals surface area contributed by atoms with E-state index in [1.807, 2.05) is 30.3 Å². The van der Waals surface area contributed by atoms with E-state index >= 15 is 0 Å². The predicted molar refractivity (Wildman–Crippen MR) is 137 cm³/mol. The number of amides is 1. The maximum atomic E-state index is 12.7. The Hall–Kier alpha value is -2.24. The van der Waals surface area contributed by atoms with Crippen LogP contribution in [0.3, 0.4) is 0 Å². The normalized spacial score (nSPS) is 18.2. The molecule has 1 saturated heterocycles. The first-order valence-electron chi connectivity index (χ1n) is 12.4. The van der Waals surface area contributed by atoms with E-state index in [-0.39, 0.29) is 12.3 Å². The highest BCUT2D eigenvalue weighted by atomic mass is 35.5. The van der Waals surface area contributed by atoms with Gasteiger partial charge in [0.25, 0.3) is 0 Å². The summed E-state index contributed by atoms with van der Waals surface area (Å²) in [4.78, 5) is 17.5. The molecule has 0 atom stereocenters. The van der Waals surface area contributed by atoms with Crippen LogP contribution in [0.5, 0.6) is 5.75 Å². The lowest BCUT2D eigenvalue weighted by Crippen LogP contribution is -2.46. The Bertz CT molecular complexity index is 948. The molecule has 178 valence electrons. The van der Waals surface area contributed by atoms with Gasteiger partial charge in [0, 0.05) is 31.9 Å². The van der Waals surface area contributed by atoms with Crippen molar-refractivity contribution in [3.8, 4) is 5.75 Å². The molecule has 1 amide bonds. The number of piperazine rings is 1. The van der Waals surface area contributed by atoms with Gasteiger partial charge in [-0.15, -0.1) is 0 Å². The number of likely N-dealkylation sites (N-methyl/N-ethyl adjacent to an activating group) is 1. The van der Waals surface area contributed by atoms with Crippen LogP contribution in [0.4, 0.5) is 11.4 Å². The molecular formula is C27H36ClN3O2. The zero-order valence-electron chi connectivity index (χ0n) is 19.7. The molecule has 33 heavy (non-hydrogen) atoms. The highest BCUT2D eigenvalue weighted by molar-refractivity contribution is 6.33. The van der Waals surface area contributed by atoms with Gasteiger partial charge in [0.15, 0.2) is 0 Å². The minimum atomic E-state index is -0.0760. The maximum absolute atomic E-state index is 12.7. The summed E-state index contributed by atoms with van der Waals surface area (Å²) in [5, 5.41) is 14.1. The third-order valence-corrected chi connectivity index (χ3v) is 7.45. The zero-order valence-corrected chi connectivity index (χ0v) is 20.4. The third kappa shape index (κ3) is 6.21. The van der Waals surface area contributed by atoms with Gasteiger partial charge < -0.3 is 20.2 Å². The first-order valence-corrected chi connectivity index (χ1v) is 12.8. The van der Waals surface area contributed by atoms with Crippen LogP contribution >= 0.6 is 11.6 Å². The molecule has 2 aliphatic rings. The molecule has 1 heterocycles. The number of nitrogens with zero attached hydrogens (tertiary/aromatic N) is 2. The Balaban J connectivity index is 1.38. The van der Waals surface area contributed by atoms with Crippen molar-refractivity contribution in [2.45, 2.75) is 57.8 Å². The van der Waals surface area contributed by atoms with Crippen molar-refractivity contribution < 1.29 is 9.90 Å². The zero-order chi connectivity index (χ0) is 23.2. The molecule has 2 aromatic rings. The van der Waals surface area contributed by atoms with E-state index in [0.29, 0.717) is 22.4 Å². The van der Waals surface area contributed by atoms with Gasteiger partial charge >= 0.3 is 0 Å². The van der Waals surface area contributed by atoms with Crippen molar-refractivity contribution in [3.63, 3.8) is 0 Å². The third-order valence-electron chi connectivity index (χ3n) is 7.14. The molecule has 2 fully saturated rings. The average molecular weight is 470 g/mol. The first-order chi connectivity index (χ1) is 16.0.